The summed E-state index contributed by atoms with van der Waals surface area (Å²) in [5, 5.41) is 2.95. The summed E-state index contributed by atoms with van der Waals surface area (Å²) < 4.78 is 1.06. The van der Waals surface area contributed by atoms with Crippen LogP contribution < -0.4 is 5.32 Å². The standard InChI is InChI=1S/C15H16INO2/c16-12-5-9(7-14(18)10-1-2-10)6-13(8-12)17-15(19)11-3-4-11/h5-6,8,10-11H,1-4,7H2,(H,17,19). The van der Waals surface area contributed by atoms with Gasteiger partial charge in [-0.1, -0.05) is 0 Å². The topological polar surface area (TPSA) is 46.2 Å². The van der Waals surface area contributed by atoms with Crippen molar-refractivity contribution in [2.75, 3.05) is 5.32 Å². The van der Waals surface area contributed by atoms with Gasteiger partial charge in [0.25, 0.3) is 0 Å². The molecule has 0 saturated heterocycles. The highest BCUT2D eigenvalue weighted by Crippen LogP contribution is 2.32. The van der Waals surface area contributed by atoms with E-state index in [1.54, 1.807) is 0 Å². The van der Waals surface area contributed by atoms with Crippen LogP contribution >= 0.6 is 22.6 Å². The molecule has 1 aromatic rings. The molecule has 0 spiro atoms. The van der Waals surface area contributed by atoms with Crippen molar-refractivity contribution in [1.29, 1.82) is 0 Å². The van der Waals surface area contributed by atoms with Crippen molar-refractivity contribution in [3.8, 4) is 0 Å². The molecule has 0 bridgehead atoms. The Bertz CT molecular complexity index is 489. The van der Waals surface area contributed by atoms with E-state index in [-0.39, 0.29) is 11.8 Å². The summed E-state index contributed by atoms with van der Waals surface area (Å²) in [6.45, 7) is 0. The van der Waals surface area contributed by atoms with E-state index in [2.05, 4.69) is 27.9 Å². The van der Waals surface area contributed by atoms with Gasteiger partial charge in [0.15, 0.2) is 0 Å². The van der Waals surface area contributed by atoms with Crippen LogP contribution in [-0.2, 0) is 16.0 Å². The molecule has 1 amide bonds. The molecule has 1 N–H and O–H groups in total. The first-order chi connectivity index (χ1) is 9.11. The highest BCUT2D eigenvalue weighted by molar-refractivity contribution is 14.1. The molecule has 0 aliphatic heterocycles. The smallest absolute Gasteiger partial charge is 0.227 e. The quantitative estimate of drug-likeness (QED) is 0.811. The van der Waals surface area contributed by atoms with E-state index in [0.29, 0.717) is 18.1 Å². The lowest BCUT2D eigenvalue weighted by Gasteiger charge is -2.08. The van der Waals surface area contributed by atoms with Gasteiger partial charge in [-0.05, 0) is 72.0 Å². The average molecular weight is 369 g/mol. The monoisotopic (exact) mass is 369 g/mol. The SMILES string of the molecule is O=C(Cc1cc(I)cc(NC(=O)C2CC2)c1)C1CC1. The third-order valence-electron chi connectivity index (χ3n) is 3.58. The number of nitrogens with one attached hydrogen (secondary N) is 1. The lowest BCUT2D eigenvalue weighted by Crippen LogP contribution is -2.14. The van der Waals surface area contributed by atoms with Crippen LogP contribution in [0.25, 0.3) is 0 Å². The van der Waals surface area contributed by atoms with Gasteiger partial charge in [0.05, 0.1) is 0 Å². The fourth-order valence-electron chi connectivity index (χ4n) is 2.17. The van der Waals surface area contributed by atoms with E-state index >= 15 is 0 Å². The van der Waals surface area contributed by atoms with Crippen molar-refractivity contribution >= 4 is 40.0 Å². The van der Waals surface area contributed by atoms with Gasteiger partial charge in [0, 0.05) is 27.5 Å². The Labute approximate surface area is 126 Å². The Morgan fingerprint density at radius 2 is 1.79 bits per heavy atom. The zero-order valence-electron chi connectivity index (χ0n) is 10.6. The van der Waals surface area contributed by atoms with E-state index in [0.717, 1.165) is 40.5 Å². The summed E-state index contributed by atoms with van der Waals surface area (Å²) in [4.78, 5) is 23.6. The van der Waals surface area contributed by atoms with Gasteiger partial charge in [0.1, 0.15) is 5.78 Å². The first-order valence-corrected chi connectivity index (χ1v) is 7.83. The molecule has 0 heterocycles. The number of carbonyl (C=O) groups excluding carboxylic acids is 2. The molecule has 0 radical (unpaired) electrons. The summed E-state index contributed by atoms with van der Waals surface area (Å²) in [7, 11) is 0. The first-order valence-electron chi connectivity index (χ1n) is 6.75. The zero-order valence-corrected chi connectivity index (χ0v) is 12.8. The van der Waals surface area contributed by atoms with Gasteiger partial charge in [-0.15, -0.1) is 0 Å². The minimum Gasteiger partial charge on any atom is -0.326 e. The molecule has 3 rings (SSSR count). The number of amides is 1. The summed E-state index contributed by atoms with van der Waals surface area (Å²) in [6, 6.07) is 5.91. The van der Waals surface area contributed by atoms with Crippen LogP contribution in [-0.4, -0.2) is 11.7 Å². The largest absolute Gasteiger partial charge is 0.326 e. The molecule has 2 aliphatic rings. The van der Waals surface area contributed by atoms with Crippen LogP contribution in [0.15, 0.2) is 18.2 Å². The van der Waals surface area contributed by atoms with Gasteiger partial charge in [-0.25, -0.2) is 0 Å². The first kappa shape index (κ1) is 13.1. The second kappa shape index (κ2) is 5.23. The van der Waals surface area contributed by atoms with Crippen molar-refractivity contribution in [3.63, 3.8) is 0 Å². The minimum atomic E-state index is 0.112. The lowest BCUT2D eigenvalue weighted by molar-refractivity contribution is -0.119. The van der Waals surface area contributed by atoms with Crippen molar-refractivity contribution in [2.45, 2.75) is 32.1 Å². The number of carbonyl (C=O) groups is 2. The number of rotatable bonds is 5. The molecular weight excluding hydrogens is 353 g/mol. The van der Waals surface area contributed by atoms with Crippen LogP contribution in [0.1, 0.15) is 31.2 Å². The number of ketones is 1. The molecule has 0 aromatic heterocycles. The van der Waals surface area contributed by atoms with Crippen LogP contribution in [0.2, 0.25) is 0 Å². The molecule has 2 fully saturated rings. The maximum absolute atomic E-state index is 11.8. The van der Waals surface area contributed by atoms with Crippen LogP contribution in [0.5, 0.6) is 0 Å². The van der Waals surface area contributed by atoms with E-state index in [1.165, 1.54) is 0 Å². The maximum Gasteiger partial charge on any atom is 0.227 e. The molecule has 19 heavy (non-hydrogen) atoms. The Hall–Kier alpha value is -0.910. The molecule has 1 aromatic carbocycles. The highest BCUT2D eigenvalue weighted by atomic mass is 127. The Morgan fingerprint density at radius 1 is 1.11 bits per heavy atom. The molecule has 0 unspecified atom stereocenters. The van der Waals surface area contributed by atoms with E-state index < -0.39 is 0 Å². The second-order valence-electron chi connectivity index (χ2n) is 5.53. The normalized spacial score (nSPS) is 18.2. The van der Waals surface area contributed by atoms with Crippen LogP contribution in [0.3, 0.4) is 0 Å². The van der Waals surface area contributed by atoms with Gasteiger partial charge in [-0.3, -0.25) is 9.59 Å². The average Bonchev–Trinajstić information content (AvgIpc) is 3.19. The van der Waals surface area contributed by atoms with Crippen molar-refractivity contribution in [2.24, 2.45) is 11.8 Å². The van der Waals surface area contributed by atoms with E-state index in [4.69, 9.17) is 0 Å². The molecule has 0 atom stereocenters. The number of Topliss-reactive ketones (excluding diaryl/α,β-unsaturated/α-hetero) is 1. The molecule has 2 aliphatic carbocycles. The lowest BCUT2D eigenvalue weighted by atomic mass is 10.1. The maximum atomic E-state index is 11.8. The highest BCUT2D eigenvalue weighted by Gasteiger charge is 2.30. The second-order valence-corrected chi connectivity index (χ2v) is 6.77. The predicted octanol–water partition coefficient (Wildman–Crippen LogP) is 3.16. The number of anilines is 1. The van der Waals surface area contributed by atoms with Gasteiger partial charge in [0.2, 0.25) is 5.91 Å². The van der Waals surface area contributed by atoms with Crippen molar-refractivity contribution in [3.05, 3.63) is 27.3 Å². The van der Waals surface area contributed by atoms with E-state index in [1.807, 2.05) is 18.2 Å². The minimum absolute atomic E-state index is 0.112. The van der Waals surface area contributed by atoms with Crippen LogP contribution in [0, 0.1) is 15.4 Å². The summed E-state index contributed by atoms with van der Waals surface area (Å²) >= 11 is 2.23. The number of hydrogen-bond acceptors (Lipinski definition) is 2. The predicted molar refractivity (Wildman–Crippen MR) is 81.9 cm³/mol. The fraction of sp³-hybridized carbons (Fsp3) is 0.467. The third kappa shape index (κ3) is 3.55. The van der Waals surface area contributed by atoms with Crippen molar-refractivity contribution in [1.82, 2.24) is 0 Å². The number of halogens is 1. The van der Waals surface area contributed by atoms with E-state index in [9.17, 15) is 9.59 Å². The summed E-state index contributed by atoms with van der Waals surface area (Å²) in [5.74, 6) is 0.944. The van der Waals surface area contributed by atoms with Crippen LogP contribution in [0.4, 0.5) is 5.69 Å². The molecule has 4 heteroatoms. The number of hydrogen-bond donors (Lipinski definition) is 1. The summed E-state index contributed by atoms with van der Waals surface area (Å²) in [6.07, 6.45) is 4.60. The van der Waals surface area contributed by atoms with Gasteiger partial charge < -0.3 is 5.32 Å². The molecule has 2 saturated carbocycles. The Balaban J connectivity index is 1.70. The summed E-state index contributed by atoms with van der Waals surface area (Å²) in [5.41, 5.74) is 1.83. The van der Waals surface area contributed by atoms with Gasteiger partial charge in [-0.2, -0.15) is 0 Å². The Morgan fingerprint density at radius 3 is 2.42 bits per heavy atom. The van der Waals surface area contributed by atoms with Gasteiger partial charge >= 0.3 is 0 Å². The molecule has 100 valence electrons. The number of benzene rings is 1. The fourth-order valence-corrected chi connectivity index (χ4v) is 2.90. The van der Waals surface area contributed by atoms with Crippen molar-refractivity contribution < 1.29 is 9.59 Å². The zero-order chi connectivity index (χ0) is 13.4. The molecular formula is C15H16INO2. The third-order valence-corrected chi connectivity index (χ3v) is 4.21. The Kier molecular flexibility index (Phi) is 3.60. The molecule has 3 nitrogen and oxygen atoms in total.